The first kappa shape index (κ1) is 9.81. The molecular formula is C11H14ClN2. The minimum Gasteiger partial charge on any atom is -0.369 e. The standard InChI is InChI=1S/C11H14ClN2/c1-13-6-8-14(9-7-13)11-4-2-10(12)3-5-11/h2-5H,1,6-9H2. The summed E-state index contributed by atoms with van der Waals surface area (Å²) in [7, 11) is 3.93. The Kier molecular flexibility index (Phi) is 2.94. The van der Waals surface area contributed by atoms with Gasteiger partial charge in [-0.2, -0.15) is 0 Å². The highest BCUT2D eigenvalue weighted by atomic mass is 35.5. The van der Waals surface area contributed by atoms with Crippen LogP contribution in [0.25, 0.3) is 0 Å². The lowest BCUT2D eigenvalue weighted by Gasteiger charge is -2.33. The van der Waals surface area contributed by atoms with Crippen LogP contribution >= 0.6 is 11.6 Å². The van der Waals surface area contributed by atoms with E-state index in [2.05, 4.69) is 29.0 Å². The molecule has 1 aliphatic rings. The van der Waals surface area contributed by atoms with Gasteiger partial charge in [-0.15, -0.1) is 0 Å². The summed E-state index contributed by atoms with van der Waals surface area (Å²) in [5.41, 5.74) is 1.25. The van der Waals surface area contributed by atoms with E-state index in [0.29, 0.717) is 0 Å². The van der Waals surface area contributed by atoms with Gasteiger partial charge >= 0.3 is 0 Å². The zero-order valence-electron chi connectivity index (χ0n) is 8.12. The highest BCUT2D eigenvalue weighted by Gasteiger charge is 2.13. The number of nitrogens with zero attached hydrogens (tertiary/aromatic N) is 2. The van der Waals surface area contributed by atoms with Gasteiger partial charge in [-0.3, -0.25) is 4.90 Å². The van der Waals surface area contributed by atoms with E-state index in [4.69, 9.17) is 11.6 Å². The molecule has 1 aliphatic heterocycles. The predicted octanol–water partition coefficient (Wildman–Crippen LogP) is 2.25. The zero-order valence-corrected chi connectivity index (χ0v) is 8.87. The van der Waals surface area contributed by atoms with E-state index in [1.807, 2.05) is 12.1 Å². The third-order valence-electron chi connectivity index (χ3n) is 2.56. The number of halogens is 1. The maximum atomic E-state index is 5.84. The van der Waals surface area contributed by atoms with Gasteiger partial charge in [0, 0.05) is 43.9 Å². The van der Waals surface area contributed by atoms with E-state index < -0.39 is 0 Å². The van der Waals surface area contributed by atoms with Gasteiger partial charge in [-0.05, 0) is 24.3 Å². The average molecular weight is 210 g/mol. The van der Waals surface area contributed by atoms with Crippen LogP contribution < -0.4 is 4.90 Å². The van der Waals surface area contributed by atoms with E-state index in [1.54, 1.807) is 0 Å². The number of rotatable bonds is 1. The number of hydrogen-bond acceptors (Lipinski definition) is 2. The van der Waals surface area contributed by atoms with Crippen LogP contribution in [0, 0.1) is 7.05 Å². The van der Waals surface area contributed by atoms with Crippen molar-refractivity contribution in [3.63, 3.8) is 0 Å². The quantitative estimate of drug-likeness (QED) is 0.700. The molecule has 1 aromatic rings. The Morgan fingerprint density at radius 2 is 1.57 bits per heavy atom. The van der Waals surface area contributed by atoms with Crippen molar-refractivity contribution in [1.82, 2.24) is 4.90 Å². The number of piperazine rings is 1. The van der Waals surface area contributed by atoms with Crippen molar-refractivity contribution in [3.8, 4) is 0 Å². The normalized spacial score (nSPS) is 18.6. The first-order valence-electron chi connectivity index (χ1n) is 4.82. The first-order chi connectivity index (χ1) is 6.75. The van der Waals surface area contributed by atoms with Gasteiger partial charge in [0.1, 0.15) is 0 Å². The van der Waals surface area contributed by atoms with Crippen molar-refractivity contribution in [2.75, 3.05) is 31.1 Å². The van der Waals surface area contributed by atoms with E-state index in [1.165, 1.54) is 5.69 Å². The third kappa shape index (κ3) is 2.20. The van der Waals surface area contributed by atoms with Crippen molar-refractivity contribution in [1.29, 1.82) is 0 Å². The molecule has 0 amide bonds. The average Bonchev–Trinajstić information content (AvgIpc) is 2.21. The van der Waals surface area contributed by atoms with Gasteiger partial charge in [0.05, 0.1) is 0 Å². The van der Waals surface area contributed by atoms with Gasteiger partial charge in [0.25, 0.3) is 0 Å². The molecule has 0 aromatic heterocycles. The van der Waals surface area contributed by atoms with Crippen LogP contribution in [0.3, 0.4) is 0 Å². The maximum absolute atomic E-state index is 5.84. The molecule has 0 aliphatic carbocycles. The number of benzene rings is 1. The Balaban J connectivity index is 2.05. The molecule has 1 radical (unpaired) electrons. The predicted molar refractivity (Wildman–Crippen MR) is 60.6 cm³/mol. The van der Waals surface area contributed by atoms with E-state index in [9.17, 15) is 0 Å². The molecule has 0 spiro atoms. The Hall–Kier alpha value is -0.730. The molecule has 1 heterocycles. The molecule has 1 aromatic carbocycles. The van der Waals surface area contributed by atoms with Crippen LogP contribution in [0.4, 0.5) is 5.69 Å². The maximum Gasteiger partial charge on any atom is 0.0407 e. The zero-order chi connectivity index (χ0) is 9.97. The molecule has 2 nitrogen and oxygen atoms in total. The van der Waals surface area contributed by atoms with Gasteiger partial charge in [0.15, 0.2) is 0 Å². The SMILES string of the molecule is [CH2]N1CCN(c2ccc(Cl)cc2)CC1. The molecule has 75 valence electrons. The van der Waals surface area contributed by atoms with Crippen molar-refractivity contribution in [2.45, 2.75) is 0 Å². The van der Waals surface area contributed by atoms with Gasteiger partial charge in [-0.25, -0.2) is 0 Å². The van der Waals surface area contributed by atoms with Crippen molar-refractivity contribution in [2.24, 2.45) is 0 Å². The summed E-state index contributed by atoms with van der Waals surface area (Å²) in [5, 5.41) is 0.796. The van der Waals surface area contributed by atoms with E-state index in [-0.39, 0.29) is 0 Å². The molecule has 2 rings (SSSR count). The van der Waals surface area contributed by atoms with E-state index in [0.717, 1.165) is 31.2 Å². The van der Waals surface area contributed by atoms with Crippen LogP contribution in [-0.2, 0) is 0 Å². The second-order valence-corrected chi connectivity index (χ2v) is 4.02. The third-order valence-corrected chi connectivity index (χ3v) is 2.82. The molecule has 0 saturated carbocycles. The largest absolute Gasteiger partial charge is 0.369 e. The van der Waals surface area contributed by atoms with E-state index >= 15 is 0 Å². The lowest BCUT2D eigenvalue weighted by molar-refractivity contribution is 0.344. The summed E-state index contributed by atoms with van der Waals surface area (Å²) in [6, 6.07) is 8.02. The van der Waals surface area contributed by atoms with Crippen molar-refractivity contribution in [3.05, 3.63) is 36.3 Å². The number of anilines is 1. The summed E-state index contributed by atoms with van der Waals surface area (Å²) in [6.45, 7) is 4.15. The molecule has 0 bridgehead atoms. The smallest absolute Gasteiger partial charge is 0.0407 e. The molecule has 3 heteroatoms. The molecule has 0 unspecified atom stereocenters. The Morgan fingerprint density at radius 3 is 2.14 bits per heavy atom. The highest BCUT2D eigenvalue weighted by molar-refractivity contribution is 6.30. The monoisotopic (exact) mass is 209 g/mol. The van der Waals surface area contributed by atoms with Crippen LogP contribution in [0.15, 0.2) is 24.3 Å². The van der Waals surface area contributed by atoms with Crippen LogP contribution in [0.2, 0.25) is 5.02 Å². The van der Waals surface area contributed by atoms with Gasteiger partial charge in [-0.1, -0.05) is 11.6 Å². The summed E-state index contributed by atoms with van der Waals surface area (Å²) in [4.78, 5) is 4.46. The Bertz CT molecular complexity index is 289. The molecule has 0 N–H and O–H groups in total. The van der Waals surface area contributed by atoms with Crippen LogP contribution in [0.1, 0.15) is 0 Å². The fourth-order valence-electron chi connectivity index (χ4n) is 1.66. The molecule has 0 atom stereocenters. The fraction of sp³-hybridized carbons (Fsp3) is 0.364. The van der Waals surface area contributed by atoms with Crippen molar-refractivity contribution < 1.29 is 0 Å². The summed E-state index contributed by atoms with van der Waals surface area (Å²) in [5.74, 6) is 0. The van der Waals surface area contributed by atoms with Gasteiger partial charge < -0.3 is 4.90 Å². The summed E-state index contributed by atoms with van der Waals surface area (Å²) in [6.07, 6.45) is 0. The highest BCUT2D eigenvalue weighted by Crippen LogP contribution is 2.18. The fourth-order valence-corrected chi connectivity index (χ4v) is 1.78. The molecule has 14 heavy (non-hydrogen) atoms. The summed E-state index contributed by atoms with van der Waals surface area (Å²) < 4.78 is 0. The van der Waals surface area contributed by atoms with Crippen LogP contribution in [-0.4, -0.2) is 31.1 Å². The minimum atomic E-state index is 0.796. The molecule has 1 fully saturated rings. The lowest BCUT2D eigenvalue weighted by atomic mass is 10.2. The van der Waals surface area contributed by atoms with Gasteiger partial charge in [0.2, 0.25) is 0 Å². The Morgan fingerprint density at radius 1 is 1.00 bits per heavy atom. The van der Waals surface area contributed by atoms with Crippen molar-refractivity contribution >= 4 is 17.3 Å². The molecular weight excluding hydrogens is 196 g/mol. The first-order valence-corrected chi connectivity index (χ1v) is 5.19. The lowest BCUT2D eigenvalue weighted by Crippen LogP contribution is -2.43. The summed E-state index contributed by atoms with van der Waals surface area (Å²) >= 11 is 5.84. The topological polar surface area (TPSA) is 6.48 Å². The minimum absolute atomic E-state index is 0.796. The second-order valence-electron chi connectivity index (χ2n) is 3.58. The second kappa shape index (κ2) is 4.20. The number of hydrogen-bond donors (Lipinski definition) is 0. The van der Waals surface area contributed by atoms with Crippen LogP contribution in [0.5, 0.6) is 0 Å². The molecule has 1 saturated heterocycles. The Labute approximate surface area is 90.1 Å².